The van der Waals surface area contributed by atoms with Gasteiger partial charge < -0.3 is 16.0 Å². The van der Waals surface area contributed by atoms with Crippen LogP contribution in [0.25, 0.3) is 0 Å². The summed E-state index contributed by atoms with van der Waals surface area (Å²) in [5.74, 6) is -0.329. The Morgan fingerprint density at radius 3 is 2.50 bits per heavy atom. The Morgan fingerprint density at radius 2 is 1.95 bits per heavy atom. The summed E-state index contributed by atoms with van der Waals surface area (Å²) in [5, 5.41) is 8.46. The van der Waals surface area contributed by atoms with Crippen molar-refractivity contribution in [3.05, 3.63) is 42.5 Å². The molecular weight excluding hydrogens is 254 g/mol. The minimum atomic E-state index is -0.161. The van der Waals surface area contributed by atoms with Crippen LogP contribution in [0.5, 0.6) is 0 Å². The molecule has 1 aromatic rings. The van der Waals surface area contributed by atoms with Gasteiger partial charge in [-0.25, -0.2) is 0 Å². The molecule has 1 atom stereocenters. The van der Waals surface area contributed by atoms with Crippen LogP contribution in [0, 0.1) is 5.92 Å². The van der Waals surface area contributed by atoms with Crippen molar-refractivity contribution >= 4 is 17.5 Å². The highest BCUT2D eigenvalue weighted by Gasteiger charge is 2.12. The minimum absolute atomic E-state index is 0.0526. The molecule has 0 aliphatic heterocycles. The monoisotopic (exact) mass is 275 g/mol. The third-order valence-corrected chi connectivity index (χ3v) is 2.78. The molecular formula is C15H21N3O2. The number of rotatable bonds is 7. The molecule has 108 valence electrons. The Bertz CT molecular complexity index is 469. The third-order valence-electron chi connectivity index (χ3n) is 2.78. The van der Waals surface area contributed by atoms with Gasteiger partial charge in [0.15, 0.2) is 0 Å². The number of hydrogen-bond donors (Lipinski definition) is 3. The van der Waals surface area contributed by atoms with E-state index in [0.717, 1.165) is 0 Å². The summed E-state index contributed by atoms with van der Waals surface area (Å²) in [6.45, 7) is 6.44. The Hall–Kier alpha value is -2.14. The zero-order chi connectivity index (χ0) is 15.0. The molecule has 0 fully saturated rings. The van der Waals surface area contributed by atoms with Gasteiger partial charge in [-0.3, -0.25) is 9.59 Å². The highest BCUT2D eigenvalue weighted by Crippen LogP contribution is 2.11. The first-order chi connectivity index (χ1) is 9.58. The molecule has 2 amide bonds. The summed E-state index contributed by atoms with van der Waals surface area (Å²) in [6, 6.07) is 6.78. The van der Waals surface area contributed by atoms with Crippen molar-refractivity contribution < 1.29 is 9.59 Å². The lowest BCUT2D eigenvalue weighted by Gasteiger charge is -2.11. The zero-order valence-corrected chi connectivity index (χ0v) is 11.9. The van der Waals surface area contributed by atoms with Crippen molar-refractivity contribution in [3.8, 4) is 0 Å². The summed E-state index contributed by atoms with van der Waals surface area (Å²) in [4.78, 5) is 23.5. The van der Waals surface area contributed by atoms with Gasteiger partial charge in [0.1, 0.15) is 0 Å². The van der Waals surface area contributed by atoms with Crippen LogP contribution in [0.15, 0.2) is 36.9 Å². The van der Waals surface area contributed by atoms with Crippen LogP contribution >= 0.6 is 0 Å². The molecule has 1 rings (SSSR count). The SMILES string of the molecule is C=CCNC(=O)c1ccc(NC(=O)C(C)CNC)cc1. The van der Waals surface area contributed by atoms with E-state index in [9.17, 15) is 9.59 Å². The molecule has 20 heavy (non-hydrogen) atoms. The maximum absolute atomic E-state index is 11.8. The molecule has 5 heteroatoms. The average Bonchev–Trinajstić information content (AvgIpc) is 2.45. The minimum Gasteiger partial charge on any atom is -0.349 e. The molecule has 1 unspecified atom stereocenters. The van der Waals surface area contributed by atoms with Gasteiger partial charge in [0, 0.05) is 30.3 Å². The molecule has 0 spiro atoms. The summed E-state index contributed by atoms with van der Waals surface area (Å²) in [5.41, 5.74) is 1.23. The second-order valence-corrected chi connectivity index (χ2v) is 4.52. The van der Waals surface area contributed by atoms with Crippen LogP contribution in [0.4, 0.5) is 5.69 Å². The van der Waals surface area contributed by atoms with Crippen LogP contribution in [-0.4, -0.2) is 32.0 Å². The van der Waals surface area contributed by atoms with Crippen LogP contribution in [0.3, 0.4) is 0 Å². The number of nitrogens with one attached hydrogen (secondary N) is 3. The topological polar surface area (TPSA) is 70.2 Å². The fourth-order valence-corrected chi connectivity index (χ4v) is 1.64. The lowest BCUT2D eigenvalue weighted by Crippen LogP contribution is -2.28. The number of hydrogen-bond acceptors (Lipinski definition) is 3. The molecule has 0 saturated carbocycles. The fraction of sp³-hybridized carbons (Fsp3) is 0.333. The van der Waals surface area contributed by atoms with Crippen LogP contribution < -0.4 is 16.0 Å². The Morgan fingerprint density at radius 1 is 1.30 bits per heavy atom. The second kappa shape index (κ2) is 8.12. The fourth-order valence-electron chi connectivity index (χ4n) is 1.64. The van der Waals surface area contributed by atoms with E-state index in [4.69, 9.17) is 0 Å². The molecule has 0 saturated heterocycles. The maximum atomic E-state index is 11.8. The van der Waals surface area contributed by atoms with Gasteiger partial charge in [0.05, 0.1) is 0 Å². The molecule has 0 aliphatic carbocycles. The van der Waals surface area contributed by atoms with E-state index >= 15 is 0 Å². The Labute approximate surface area is 119 Å². The Balaban J connectivity index is 2.60. The average molecular weight is 275 g/mol. The highest BCUT2D eigenvalue weighted by atomic mass is 16.2. The molecule has 1 aromatic carbocycles. The van der Waals surface area contributed by atoms with E-state index in [-0.39, 0.29) is 17.7 Å². The van der Waals surface area contributed by atoms with Crippen molar-refractivity contribution in [2.45, 2.75) is 6.92 Å². The van der Waals surface area contributed by atoms with Crippen molar-refractivity contribution in [2.24, 2.45) is 5.92 Å². The van der Waals surface area contributed by atoms with Gasteiger partial charge in [-0.2, -0.15) is 0 Å². The van der Waals surface area contributed by atoms with E-state index in [1.165, 1.54) is 0 Å². The lowest BCUT2D eigenvalue weighted by atomic mass is 10.1. The standard InChI is InChI=1S/C15H21N3O2/c1-4-9-17-15(20)12-5-7-13(8-6-12)18-14(19)11(2)10-16-3/h4-8,11,16H,1,9-10H2,2-3H3,(H,17,20)(H,18,19). The number of carbonyl (C=O) groups excluding carboxylic acids is 2. The molecule has 3 N–H and O–H groups in total. The first kappa shape index (κ1) is 15.9. The quantitative estimate of drug-likeness (QED) is 0.659. The number of carbonyl (C=O) groups is 2. The van der Waals surface area contributed by atoms with Crippen molar-refractivity contribution in [2.75, 3.05) is 25.5 Å². The predicted molar refractivity (Wildman–Crippen MR) is 80.7 cm³/mol. The van der Waals surface area contributed by atoms with Crippen LogP contribution in [0.2, 0.25) is 0 Å². The Kier molecular flexibility index (Phi) is 6.46. The molecule has 0 radical (unpaired) electrons. The van der Waals surface area contributed by atoms with Crippen molar-refractivity contribution in [1.82, 2.24) is 10.6 Å². The summed E-state index contributed by atoms with van der Waals surface area (Å²) < 4.78 is 0. The number of amides is 2. The molecule has 5 nitrogen and oxygen atoms in total. The normalized spacial score (nSPS) is 11.5. The maximum Gasteiger partial charge on any atom is 0.251 e. The van der Waals surface area contributed by atoms with Gasteiger partial charge in [0.2, 0.25) is 5.91 Å². The third kappa shape index (κ3) is 4.85. The van der Waals surface area contributed by atoms with E-state index in [0.29, 0.717) is 24.3 Å². The van der Waals surface area contributed by atoms with Gasteiger partial charge in [0.25, 0.3) is 5.91 Å². The highest BCUT2D eigenvalue weighted by molar-refractivity contribution is 5.96. The molecule has 0 heterocycles. The molecule has 0 bridgehead atoms. The molecule has 0 aliphatic rings. The predicted octanol–water partition coefficient (Wildman–Crippen LogP) is 1.40. The van der Waals surface area contributed by atoms with Crippen LogP contribution in [-0.2, 0) is 4.79 Å². The molecule has 0 aromatic heterocycles. The smallest absolute Gasteiger partial charge is 0.251 e. The van der Waals surface area contributed by atoms with Gasteiger partial charge in [-0.05, 0) is 31.3 Å². The van der Waals surface area contributed by atoms with E-state index < -0.39 is 0 Å². The summed E-state index contributed by atoms with van der Waals surface area (Å²) >= 11 is 0. The van der Waals surface area contributed by atoms with E-state index in [2.05, 4.69) is 22.5 Å². The zero-order valence-electron chi connectivity index (χ0n) is 11.9. The van der Waals surface area contributed by atoms with Crippen LogP contribution in [0.1, 0.15) is 17.3 Å². The largest absolute Gasteiger partial charge is 0.349 e. The number of anilines is 1. The van der Waals surface area contributed by atoms with Gasteiger partial charge in [-0.1, -0.05) is 13.0 Å². The lowest BCUT2D eigenvalue weighted by molar-refractivity contribution is -0.119. The van der Waals surface area contributed by atoms with E-state index in [1.54, 1.807) is 37.4 Å². The second-order valence-electron chi connectivity index (χ2n) is 4.52. The number of benzene rings is 1. The van der Waals surface area contributed by atoms with E-state index in [1.807, 2.05) is 6.92 Å². The van der Waals surface area contributed by atoms with Gasteiger partial charge >= 0.3 is 0 Å². The van der Waals surface area contributed by atoms with Gasteiger partial charge in [-0.15, -0.1) is 6.58 Å². The first-order valence-electron chi connectivity index (χ1n) is 6.53. The van der Waals surface area contributed by atoms with Crippen molar-refractivity contribution in [1.29, 1.82) is 0 Å². The first-order valence-corrected chi connectivity index (χ1v) is 6.53. The summed E-state index contributed by atoms with van der Waals surface area (Å²) in [6.07, 6.45) is 1.62. The van der Waals surface area contributed by atoms with Crippen molar-refractivity contribution in [3.63, 3.8) is 0 Å². The summed E-state index contributed by atoms with van der Waals surface area (Å²) in [7, 11) is 1.81.